The van der Waals surface area contributed by atoms with E-state index in [2.05, 4.69) is 4.99 Å². The van der Waals surface area contributed by atoms with Crippen LogP contribution in [-0.4, -0.2) is 24.3 Å². The number of benzene rings is 2. The minimum absolute atomic E-state index is 0.0312. The summed E-state index contributed by atoms with van der Waals surface area (Å²) < 4.78 is 5.28. The monoisotopic (exact) mass is 295 g/mol. The molecule has 22 heavy (non-hydrogen) atoms. The maximum atomic E-state index is 11.9. The van der Waals surface area contributed by atoms with Crippen molar-refractivity contribution in [1.82, 2.24) is 0 Å². The first-order chi connectivity index (χ1) is 10.7. The average Bonchev–Trinajstić information content (AvgIpc) is 2.57. The molecule has 0 amide bonds. The number of hydrogen-bond donors (Lipinski definition) is 0. The number of aliphatic imine (C=N–C) groups is 1. The summed E-state index contributed by atoms with van der Waals surface area (Å²) in [6.45, 7) is 3.90. The fourth-order valence-electron chi connectivity index (χ4n) is 2.03. The first-order valence-corrected chi connectivity index (χ1v) is 7.55. The molecule has 3 nitrogen and oxygen atoms in total. The molecule has 0 aromatic heterocycles. The Bertz CT molecular complexity index is 579. The third-order valence-corrected chi connectivity index (χ3v) is 3.37. The summed E-state index contributed by atoms with van der Waals surface area (Å²) in [6.07, 6.45) is 0.735. The fourth-order valence-corrected chi connectivity index (χ4v) is 2.03. The number of nitrogens with zero attached hydrogens (tertiary/aromatic N) is 1. The summed E-state index contributed by atoms with van der Waals surface area (Å²) in [5.41, 5.74) is 2.79. The second kappa shape index (κ2) is 8.13. The van der Waals surface area contributed by atoms with Crippen LogP contribution in [-0.2, 0) is 9.53 Å². The SMILES string of the molecule is CCC(C)OC(=O)CN=C(c1ccccc1)c1ccccc1. The molecule has 1 unspecified atom stereocenters. The Morgan fingerprint density at radius 3 is 1.95 bits per heavy atom. The lowest BCUT2D eigenvalue weighted by molar-refractivity contribution is -0.146. The summed E-state index contributed by atoms with van der Waals surface area (Å²) in [4.78, 5) is 16.3. The van der Waals surface area contributed by atoms with E-state index in [0.717, 1.165) is 23.3 Å². The Hall–Kier alpha value is -2.42. The maximum Gasteiger partial charge on any atom is 0.327 e. The summed E-state index contributed by atoms with van der Waals surface area (Å²) >= 11 is 0. The van der Waals surface area contributed by atoms with Gasteiger partial charge in [0.2, 0.25) is 0 Å². The molecule has 3 heteroatoms. The third-order valence-electron chi connectivity index (χ3n) is 3.37. The van der Waals surface area contributed by atoms with E-state index in [1.165, 1.54) is 0 Å². The van der Waals surface area contributed by atoms with E-state index in [9.17, 15) is 4.79 Å². The summed E-state index contributed by atoms with van der Waals surface area (Å²) in [5, 5.41) is 0. The van der Waals surface area contributed by atoms with Gasteiger partial charge in [0.25, 0.3) is 0 Å². The van der Waals surface area contributed by atoms with Crippen LogP contribution in [0.1, 0.15) is 31.4 Å². The van der Waals surface area contributed by atoms with Crippen LogP contribution in [0.3, 0.4) is 0 Å². The van der Waals surface area contributed by atoms with Crippen molar-refractivity contribution in [3.8, 4) is 0 Å². The minimum atomic E-state index is -0.293. The molecule has 2 rings (SSSR count). The molecule has 0 spiro atoms. The van der Waals surface area contributed by atoms with Gasteiger partial charge in [-0.3, -0.25) is 9.79 Å². The number of hydrogen-bond acceptors (Lipinski definition) is 3. The Balaban J connectivity index is 2.22. The number of esters is 1. The topological polar surface area (TPSA) is 38.7 Å². The second-order valence-electron chi connectivity index (χ2n) is 5.11. The molecule has 0 bridgehead atoms. The minimum Gasteiger partial charge on any atom is -0.461 e. The molecule has 0 N–H and O–H groups in total. The van der Waals surface area contributed by atoms with Crippen LogP contribution >= 0.6 is 0 Å². The normalized spacial score (nSPS) is 11.5. The zero-order valence-corrected chi connectivity index (χ0v) is 13.0. The van der Waals surface area contributed by atoms with Gasteiger partial charge in [0, 0.05) is 11.1 Å². The first-order valence-electron chi connectivity index (χ1n) is 7.55. The molecular weight excluding hydrogens is 274 g/mol. The Labute approximate surface area is 131 Å². The van der Waals surface area contributed by atoms with Crippen LogP contribution in [0.5, 0.6) is 0 Å². The van der Waals surface area contributed by atoms with Crippen molar-refractivity contribution in [1.29, 1.82) is 0 Å². The quantitative estimate of drug-likeness (QED) is 0.599. The van der Waals surface area contributed by atoms with Crippen molar-refractivity contribution in [2.45, 2.75) is 26.4 Å². The molecule has 0 fully saturated rings. The molecular formula is C19H21NO2. The number of carbonyl (C=O) groups is 1. The van der Waals surface area contributed by atoms with Crippen molar-refractivity contribution >= 4 is 11.7 Å². The number of carbonyl (C=O) groups excluding carboxylic acids is 1. The highest BCUT2D eigenvalue weighted by atomic mass is 16.5. The van der Waals surface area contributed by atoms with Crippen LogP contribution in [0.15, 0.2) is 65.7 Å². The summed E-state index contributed by atoms with van der Waals surface area (Å²) in [6, 6.07) is 19.7. The first kappa shape index (κ1) is 16.0. The second-order valence-corrected chi connectivity index (χ2v) is 5.11. The molecule has 0 aliphatic rings. The zero-order valence-electron chi connectivity index (χ0n) is 13.0. The van der Waals surface area contributed by atoms with E-state index < -0.39 is 0 Å². The molecule has 0 aliphatic carbocycles. The Kier molecular flexibility index (Phi) is 5.90. The van der Waals surface area contributed by atoms with Gasteiger partial charge in [-0.15, -0.1) is 0 Å². The molecule has 0 heterocycles. The lowest BCUT2D eigenvalue weighted by Crippen LogP contribution is -2.17. The summed E-state index contributed by atoms with van der Waals surface area (Å²) in [7, 11) is 0. The van der Waals surface area contributed by atoms with Crippen molar-refractivity contribution in [2.24, 2.45) is 4.99 Å². The van der Waals surface area contributed by atoms with Gasteiger partial charge < -0.3 is 4.74 Å². The molecule has 0 saturated heterocycles. The molecule has 2 aromatic rings. The highest BCUT2D eigenvalue weighted by Gasteiger charge is 2.10. The van der Waals surface area contributed by atoms with Gasteiger partial charge in [0.15, 0.2) is 0 Å². The standard InChI is InChI=1S/C19H21NO2/c1-3-15(2)22-18(21)14-20-19(16-10-6-4-7-11-16)17-12-8-5-9-13-17/h4-13,15H,3,14H2,1-2H3. The van der Waals surface area contributed by atoms with E-state index in [1.54, 1.807) is 0 Å². The van der Waals surface area contributed by atoms with Crippen molar-refractivity contribution in [3.05, 3.63) is 71.8 Å². The molecule has 1 atom stereocenters. The smallest absolute Gasteiger partial charge is 0.327 e. The number of rotatable bonds is 6. The van der Waals surface area contributed by atoms with Crippen LogP contribution in [0, 0.1) is 0 Å². The predicted molar refractivity (Wildman–Crippen MR) is 89.2 cm³/mol. The highest BCUT2D eigenvalue weighted by molar-refractivity contribution is 6.13. The van der Waals surface area contributed by atoms with Crippen LogP contribution in [0.4, 0.5) is 0 Å². The van der Waals surface area contributed by atoms with Gasteiger partial charge in [-0.25, -0.2) is 0 Å². The molecule has 0 saturated carbocycles. The predicted octanol–water partition coefficient (Wildman–Crippen LogP) is 3.87. The zero-order chi connectivity index (χ0) is 15.8. The van der Waals surface area contributed by atoms with Gasteiger partial charge in [0.1, 0.15) is 6.54 Å². The van der Waals surface area contributed by atoms with Crippen molar-refractivity contribution in [2.75, 3.05) is 6.54 Å². The van der Waals surface area contributed by atoms with Crippen molar-refractivity contribution < 1.29 is 9.53 Å². The lowest BCUT2D eigenvalue weighted by Gasteiger charge is -2.11. The van der Waals surface area contributed by atoms with E-state index >= 15 is 0 Å². The van der Waals surface area contributed by atoms with Crippen LogP contribution < -0.4 is 0 Å². The van der Waals surface area contributed by atoms with Crippen LogP contribution in [0.25, 0.3) is 0 Å². The lowest BCUT2D eigenvalue weighted by atomic mass is 10.0. The Morgan fingerprint density at radius 1 is 1.00 bits per heavy atom. The third kappa shape index (κ3) is 4.55. The molecule has 0 aliphatic heterocycles. The van der Waals surface area contributed by atoms with E-state index in [-0.39, 0.29) is 18.6 Å². The van der Waals surface area contributed by atoms with Gasteiger partial charge in [-0.2, -0.15) is 0 Å². The van der Waals surface area contributed by atoms with E-state index in [1.807, 2.05) is 74.5 Å². The molecule has 0 radical (unpaired) electrons. The highest BCUT2D eigenvalue weighted by Crippen LogP contribution is 2.11. The van der Waals surface area contributed by atoms with Gasteiger partial charge in [-0.1, -0.05) is 67.6 Å². The molecule has 114 valence electrons. The van der Waals surface area contributed by atoms with Gasteiger partial charge in [0.05, 0.1) is 11.8 Å². The fraction of sp³-hybridized carbons (Fsp3) is 0.263. The van der Waals surface area contributed by atoms with Crippen molar-refractivity contribution in [3.63, 3.8) is 0 Å². The Morgan fingerprint density at radius 2 is 1.50 bits per heavy atom. The van der Waals surface area contributed by atoms with E-state index in [4.69, 9.17) is 4.74 Å². The summed E-state index contributed by atoms with van der Waals surface area (Å²) in [5.74, 6) is -0.293. The maximum absolute atomic E-state index is 11.9. The van der Waals surface area contributed by atoms with Gasteiger partial charge >= 0.3 is 5.97 Å². The molecule has 2 aromatic carbocycles. The van der Waals surface area contributed by atoms with Crippen LogP contribution in [0.2, 0.25) is 0 Å². The average molecular weight is 295 g/mol. The van der Waals surface area contributed by atoms with Gasteiger partial charge in [-0.05, 0) is 13.3 Å². The van der Waals surface area contributed by atoms with E-state index in [0.29, 0.717) is 0 Å². The largest absolute Gasteiger partial charge is 0.461 e. The number of ether oxygens (including phenoxy) is 1.